The summed E-state index contributed by atoms with van der Waals surface area (Å²) in [5.74, 6) is -0.534. The quantitative estimate of drug-likeness (QED) is 0.761. The van der Waals surface area contributed by atoms with E-state index in [1.165, 1.54) is 23.7 Å². The summed E-state index contributed by atoms with van der Waals surface area (Å²) in [6.45, 7) is 4.01. The number of thioether (sulfide) groups is 1. The van der Waals surface area contributed by atoms with Gasteiger partial charge in [0.15, 0.2) is 0 Å². The molecule has 0 unspecified atom stereocenters. The number of carbonyl (C=O) groups is 2. The second-order valence-corrected chi connectivity index (χ2v) is 7.25. The number of hydrogen-bond acceptors (Lipinski definition) is 3. The van der Waals surface area contributed by atoms with Crippen molar-refractivity contribution in [1.82, 2.24) is 4.90 Å². The van der Waals surface area contributed by atoms with Crippen LogP contribution in [-0.2, 0) is 9.59 Å². The first-order valence-electron chi connectivity index (χ1n) is 7.46. The molecule has 0 bridgehead atoms. The second kappa shape index (κ2) is 6.46. The van der Waals surface area contributed by atoms with E-state index < -0.39 is 0 Å². The zero-order valence-corrected chi connectivity index (χ0v) is 15.2. The van der Waals surface area contributed by atoms with Gasteiger partial charge in [0.2, 0.25) is 0 Å². The smallest absolute Gasteiger partial charge is 0.268 e. The van der Waals surface area contributed by atoms with Crippen LogP contribution in [0, 0.1) is 13.8 Å². The van der Waals surface area contributed by atoms with Crippen LogP contribution in [0.5, 0.6) is 0 Å². The lowest BCUT2D eigenvalue weighted by Gasteiger charge is -2.08. The molecule has 0 aliphatic carbocycles. The summed E-state index contributed by atoms with van der Waals surface area (Å²) in [7, 11) is 1.52. The normalized spacial score (nSPS) is 14.8. The predicted octanol–water partition coefficient (Wildman–Crippen LogP) is 4.46. The van der Waals surface area contributed by atoms with Gasteiger partial charge in [-0.15, -0.1) is 0 Å². The monoisotopic (exact) mass is 357 g/mol. The number of benzene rings is 2. The summed E-state index contributed by atoms with van der Waals surface area (Å²) >= 11 is 7.21. The number of carbonyl (C=O) groups excluding carboxylic acids is 2. The van der Waals surface area contributed by atoms with Gasteiger partial charge in [0.05, 0.1) is 10.5 Å². The largest absolute Gasteiger partial charge is 0.277 e. The van der Waals surface area contributed by atoms with Crippen molar-refractivity contribution in [3.05, 3.63) is 69.1 Å². The van der Waals surface area contributed by atoms with E-state index in [1.807, 2.05) is 44.2 Å². The Balaban J connectivity index is 2.09. The summed E-state index contributed by atoms with van der Waals surface area (Å²) in [4.78, 5) is 27.6. The van der Waals surface area contributed by atoms with E-state index in [0.717, 1.165) is 21.6 Å². The van der Waals surface area contributed by atoms with Gasteiger partial charge in [0, 0.05) is 17.0 Å². The molecule has 0 N–H and O–H groups in total. The molecular formula is C19H16ClNO2S. The van der Waals surface area contributed by atoms with Crippen molar-refractivity contribution in [1.29, 1.82) is 0 Å². The fourth-order valence-corrected chi connectivity index (χ4v) is 3.65. The van der Waals surface area contributed by atoms with E-state index in [-0.39, 0.29) is 11.8 Å². The fourth-order valence-electron chi connectivity index (χ4n) is 2.48. The van der Waals surface area contributed by atoms with E-state index in [0.29, 0.717) is 15.5 Å². The second-order valence-electron chi connectivity index (χ2n) is 5.73. The van der Waals surface area contributed by atoms with Gasteiger partial charge in [-0.2, -0.15) is 0 Å². The van der Waals surface area contributed by atoms with Gasteiger partial charge in [-0.05, 0) is 54.8 Å². The Labute approximate surface area is 150 Å². The van der Waals surface area contributed by atoms with Gasteiger partial charge < -0.3 is 0 Å². The Kier molecular flexibility index (Phi) is 4.52. The highest BCUT2D eigenvalue weighted by molar-refractivity contribution is 8.04. The minimum Gasteiger partial charge on any atom is -0.277 e. The molecule has 0 saturated carbocycles. The highest BCUT2D eigenvalue weighted by atomic mass is 35.5. The zero-order valence-electron chi connectivity index (χ0n) is 13.6. The van der Waals surface area contributed by atoms with Gasteiger partial charge >= 0.3 is 0 Å². The maximum Gasteiger partial charge on any atom is 0.268 e. The van der Waals surface area contributed by atoms with Crippen LogP contribution in [0.3, 0.4) is 0 Å². The van der Waals surface area contributed by atoms with Crippen LogP contribution >= 0.6 is 23.4 Å². The van der Waals surface area contributed by atoms with E-state index in [4.69, 9.17) is 11.6 Å². The molecule has 2 aromatic carbocycles. The van der Waals surface area contributed by atoms with Crippen LogP contribution in [0.2, 0.25) is 5.02 Å². The number of amides is 2. The molecule has 3 rings (SSSR count). The Morgan fingerprint density at radius 2 is 1.58 bits per heavy atom. The Bertz CT molecular complexity index is 871. The van der Waals surface area contributed by atoms with Crippen molar-refractivity contribution in [2.45, 2.75) is 18.7 Å². The molecule has 3 nitrogen and oxygen atoms in total. The number of likely N-dealkylation sites (N-methyl/N-ethyl adjacent to an activating group) is 1. The average molecular weight is 358 g/mol. The third-order valence-corrected chi connectivity index (χ3v) is 5.42. The van der Waals surface area contributed by atoms with Crippen molar-refractivity contribution in [3.63, 3.8) is 0 Å². The number of imide groups is 1. The lowest BCUT2D eigenvalue weighted by Crippen LogP contribution is -2.26. The number of aryl methyl sites for hydroxylation is 2. The van der Waals surface area contributed by atoms with Gasteiger partial charge in [0.25, 0.3) is 11.8 Å². The standard InChI is InChI=1S/C19H16ClNO2S/c1-11-4-5-13(10-12(11)2)16-17(19(23)21(3)18(16)22)24-15-8-6-14(20)7-9-15/h4-10H,1-3H3. The summed E-state index contributed by atoms with van der Waals surface area (Å²) in [6, 6.07) is 13.0. The van der Waals surface area contributed by atoms with Crippen LogP contribution in [0.15, 0.2) is 52.3 Å². The van der Waals surface area contributed by atoms with Crippen molar-refractivity contribution >= 4 is 40.8 Å². The summed E-state index contributed by atoms with van der Waals surface area (Å²) in [5, 5.41) is 0.633. The van der Waals surface area contributed by atoms with Crippen molar-refractivity contribution in [2.24, 2.45) is 0 Å². The van der Waals surface area contributed by atoms with E-state index in [1.54, 1.807) is 12.1 Å². The molecule has 0 spiro atoms. The maximum absolute atomic E-state index is 12.6. The molecule has 1 aliphatic rings. The summed E-state index contributed by atoms with van der Waals surface area (Å²) < 4.78 is 0. The average Bonchev–Trinajstić information content (AvgIpc) is 2.77. The highest BCUT2D eigenvalue weighted by Gasteiger charge is 2.37. The molecule has 5 heteroatoms. The molecule has 1 aliphatic heterocycles. The first-order valence-corrected chi connectivity index (χ1v) is 8.65. The van der Waals surface area contributed by atoms with Crippen LogP contribution in [-0.4, -0.2) is 23.8 Å². The number of rotatable bonds is 3. The zero-order chi connectivity index (χ0) is 17.4. The number of nitrogens with zero attached hydrogens (tertiary/aromatic N) is 1. The molecule has 122 valence electrons. The minimum absolute atomic E-state index is 0.264. The molecule has 0 atom stereocenters. The Morgan fingerprint density at radius 1 is 0.917 bits per heavy atom. The topological polar surface area (TPSA) is 37.4 Å². The van der Waals surface area contributed by atoms with Crippen molar-refractivity contribution in [2.75, 3.05) is 7.05 Å². The number of hydrogen-bond donors (Lipinski definition) is 0. The van der Waals surface area contributed by atoms with Gasteiger partial charge in [-0.25, -0.2) is 0 Å². The Morgan fingerprint density at radius 3 is 2.21 bits per heavy atom. The fraction of sp³-hybridized carbons (Fsp3) is 0.158. The van der Waals surface area contributed by atoms with Crippen LogP contribution < -0.4 is 0 Å². The number of halogens is 1. The maximum atomic E-state index is 12.6. The van der Waals surface area contributed by atoms with E-state index >= 15 is 0 Å². The molecule has 0 radical (unpaired) electrons. The summed E-state index contributed by atoms with van der Waals surface area (Å²) in [6.07, 6.45) is 0. The van der Waals surface area contributed by atoms with E-state index in [2.05, 4.69) is 0 Å². The lowest BCUT2D eigenvalue weighted by atomic mass is 10.0. The van der Waals surface area contributed by atoms with Crippen LogP contribution in [0.1, 0.15) is 16.7 Å². The highest BCUT2D eigenvalue weighted by Crippen LogP contribution is 2.39. The van der Waals surface area contributed by atoms with Gasteiger partial charge in [-0.3, -0.25) is 14.5 Å². The first-order chi connectivity index (χ1) is 11.4. The first kappa shape index (κ1) is 16.8. The van der Waals surface area contributed by atoms with Crippen molar-refractivity contribution < 1.29 is 9.59 Å². The SMILES string of the molecule is Cc1ccc(C2=C(Sc3ccc(Cl)cc3)C(=O)N(C)C2=O)cc1C. The molecule has 0 saturated heterocycles. The van der Waals surface area contributed by atoms with Crippen LogP contribution in [0.4, 0.5) is 0 Å². The Hall–Kier alpha value is -2.04. The lowest BCUT2D eigenvalue weighted by molar-refractivity contribution is -0.134. The molecule has 2 amide bonds. The molecule has 0 fully saturated rings. The molecular weight excluding hydrogens is 342 g/mol. The van der Waals surface area contributed by atoms with Gasteiger partial charge in [-0.1, -0.05) is 41.6 Å². The molecule has 2 aromatic rings. The third kappa shape index (κ3) is 2.99. The molecule has 0 aromatic heterocycles. The minimum atomic E-state index is -0.270. The van der Waals surface area contributed by atoms with Gasteiger partial charge in [0.1, 0.15) is 0 Å². The summed E-state index contributed by atoms with van der Waals surface area (Å²) in [5.41, 5.74) is 3.48. The van der Waals surface area contributed by atoms with E-state index in [9.17, 15) is 9.59 Å². The molecule has 1 heterocycles. The third-order valence-electron chi connectivity index (χ3n) is 4.07. The van der Waals surface area contributed by atoms with Crippen LogP contribution in [0.25, 0.3) is 5.57 Å². The molecule has 24 heavy (non-hydrogen) atoms. The van der Waals surface area contributed by atoms with Crippen molar-refractivity contribution in [3.8, 4) is 0 Å². The predicted molar refractivity (Wildman–Crippen MR) is 97.9 cm³/mol.